The van der Waals surface area contributed by atoms with Crippen LogP contribution < -0.4 is 0 Å². The van der Waals surface area contributed by atoms with Gasteiger partial charge in [-0.2, -0.15) is 0 Å². The van der Waals surface area contributed by atoms with E-state index >= 15 is 0 Å². The Morgan fingerprint density at radius 1 is 1.09 bits per heavy atom. The van der Waals surface area contributed by atoms with Gasteiger partial charge in [0.1, 0.15) is 5.82 Å². The van der Waals surface area contributed by atoms with Gasteiger partial charge in [-0.25, -0.2) is 4.39 Å². The summed E-state index contributed by atoms with van der Waals surface area (Å²) in [7, 11) is 0. The van der Waals surface area contributed by atoms with Crippen LogP contribution in [-0.4, -0.2) is 4.98 Å². The largest absolute Gasteiger partial charge is 0.252 e. The average molecular weight is 291 g/mol. The number of aryl methyl sites for hydroxylation is 1. The Balaban J connectivity index is 2.25. The molecule has 0 saturated carbocycles. The van der Waals surface area contributed by atoms with E-state index in [-0.39, 0.29) is 11.2 Å². The Labute approximate surface area is 129 Å². The maximum atomic E-state index is 14.6. The maximum absolute atomic E-state index is 14.6. The Bertz CT molecular complexity index is 909. The van der Waals surface area contributed by atoms with Crippen molar-refractivity contribution in [2.75, 3.05) is 0 Å². The Morgan fingerprint density at radius 3 is 2.64 bits per heavy atom. The predicted molar refractivity (Wildman–Crippen MR) is 88.6 cm³/mol. The normalized spacial score (nSPS) is 14.9. The molecule has 22 heavy (non-hydrogen) atoms. The first-order chi connectivity index (χ1) is 10.5. The number of aromatic nitrogens is 1. The molecule has 110 valence electrons. The van der Waals surface area contributed by atoms with Crippen LogP contribution in [0, 0.1) is 5.82 Å². The van der Waals surface area contributed by atoms with Crippen molar-refractivity contribution in [1.82, 2.24) is 4.98 Å². The molecule has 1 nitrogen and oxygen atoms in total. The molecular weight excluding hydrogens is 273 g/mol. The molecule has 2 heteroatoms. The van der Waals surface area contributed by atoms with E-state index in [0.29, 0.717) is 0 Å². The summed E-state index contributed by atoms with van der Waals surface area (Å²) in [6.07, 6.45) is 0.876. The summed E-state index contributed by atoms with van der Waals surface area (Å²) in [4.78, 5) is 4.83. The summed E-state index contributed by atoms with van der Waals surface area (Å²) in [5.74, 6) is -0.145. The lowest BCUT2D eigenvalue weighted by molar-refractivity contribution is 0.550. The molecule has 3 aromatic rings. The number of nitrogens with zero attached hydrogens (tertiary/aromatic N) is 1. The maximum Gasteiger partial charge on any atom is 0.127 e. The molecule has 1 aliphatic carbocycles. The van der Waals surface area contributed by atoms with E-state index in [9.17, 15) is 4.39 Å². The fourth-order valence-corrected chi connectivity index (χ4v) is 3.75. The van der Waals surface area contributed by atoms with Crippen LogP contribution in [0.25, 0.3) is 22.0 Å². The lowest BCUT2D eigenvalue weighted by Gasteiger charge is -2.34. The number of halogens is 1. The number of hydrogen-bond acceptors (Lipinski definition) is 1. The van der Waals surface area contributed by atoms with Gasteiger partial charge in [-0.05, 0) is 29.5 Å². The Morgan fingerprint density at radius 2 is 1.86 bits per heavy atom. The van der Waals surface area contributed by atoms with Crippen LogP contribution in [0.1, 0.15) is 37.6 Å². The van der Waals surface area contributed by atoms with Gasteiger partial charge in [0.25, 0.3) is 0 Å². The second kappa shape index (κ2) is 4.39. The molecule has 4 rings (SSSR count). The predicted octanol–water partition coefficient (Wildman–Crippen LogP) is 5.24. The Hall–Kier alpha value is -2.22. The molecule has 0 unspecified atom stereocenters. The van der Waals surface area contributed by atoms with Gasteiger partial charge in [-0.15, -0.1) is 0 Å². The molecule has 2 aromatic carbocycles. The third-order valence-electron chi connectivity index (χ3n) is 4.84. The van der Waals surface area contributed by atoms with Crippen molar-refractivity contribution in [2.45, 2.75) is 32.6 Å². The summed E-state index contributed by atoms with van der Waals surface area (Å²) in [6.45, 7) is 6.30. The average Bonchev–Trinajstić information content (AvgIpc) is 2.51. The molecule has 0 spiro atoms. The number of pyridine rings is 1. The van der Waals surface area contributed by atoms with Crippen molar-refractivity contribution in [2.24, 2.45) is 0 Å². The second-order valence-electron chi connectivity index (χ2n) is 6.51. The number of fused-ring (bicyclic) bond motifs is 2. The first-order valence-corrected chi connectivity index (χ1v) is 7.76. The molecule has 0 radical (unpaired) electrons. The highest BCUT2D eigenvalue weighted by atomic mass is 19.1. The van der Waals surface area contributed by atoms with Crippen LogP contribution in [0.4, 0.5) is 4.39 Å². The van der Waals surface area contributed by atoms with E-state index in [4.69, 9.17) is 4.98 Å². The van der Waals surface area contributed by atoms with Crippen LogP contribution in [0.2, 0.25) is 0 Å². The summed E-state index contributed by atoms with van der Waals surface area (Å²) in [5, 5.41) is 2.37. The molecular formula is C20H18FN. The summed E-state index contributed by atoms with van der Waals surface area (Å²) in [5.41, 5.74) is 4.48. The van der Waals surface area contributed by atoms with Crippen molar-refractivity contribution in [3.63, 3.8) is 0 Å². The zero-order chi connectivity index (χ0) is 15.5. The lowest BCUT2D eigenvalue weighted by Crippen LogP contribution is -2.25. The number of benzene rings is 2. The van der Waals surface area contributed by atoms with Crippen molar-refractivity contribution < 1.29 is 4.39 Å². The zero-order valence-corrected chi connectivity index (χ0v) is 13.1. The first kappa shape index (κ1) is 13.4. The van der Waals surface area contributed by atoms with Crippen molar-refractivity contribution in [3.05, 3.63) is 65.1 Å². The lowest BCUT2D eigenvalue weighted by atomic mass is 9.69. The van der Waals surface area contributed by atoms with Gasteiger partial charge in [0.05, 0.1) is 5.69 Å². The minimum Gasteiger partial charge on any atom is -0.252 e. The van der Waals surface area contributed by atoms with E-state index in [0.717, 1.165) is 34.5 Å². The van der Waals surface area contributed by atoms with Gasteiger partial charge >= 0.3 is 0 Å². The highest BCUT2D eigenvalue weighted by Crippen LogP contribution is 2.48. The summed E-state index contributed by atoms with van der Waals surface area (Å²) < 4.78 is 14.6. The van der Waals surface area contributed by atoms with Crippen LogP contribution in [-0.2, 0) is 11.8 Å². The molecule has 0 bridgehead atoms. The van der Waals surface area contributed by atoms with Crippen LogP contribution in [0.5, 0.6) is 0 Å². The van der Waals surface area contributed by atoms with Gasteiger partial charge in [0, 0.05) is 27.6 Å². The monoisotopic (exact) mass is 291 g/mol. The van der Waals surface area contributed by atoms with E-state index in [1.165, 1.54) is 10.8 Å². The SMILES string of the molecule is CCc1cc2cccc3c2c(n1)-c1cccc(F)c1C3(C)C. The van der Waals surface area contributed by atoms with E-state index in [1.54, 1.807) is 12.1 Å². The van der Waals surface area contributed by atoms with Crippen molar-refractivity contribution >= 4 is 10.8 Å². The molecule has 0 amide bonds. The van der Waals surface area contributed by atoms with Crippen LogP contribution in [0.3, 0.4) is 0 Å². The second-order valence-corrected chi connectivity index (χ2v) is 6.51. The third kappa shape index (κ3) is 1.61. The molecule has 0 fully saturated rings. The van der Waals surface area contributed by atoms with E-state index < -0.39 is 0 Å². The highest BCUT2D eigenvalue weighted by Gasteiger charge is 2.36. The highest BCUT2D eigenvalue weighted by molar-refractivity contribution is 6.01. The smallest absolute Gasteiger partial charge is 0.127 e. The van der Waals surface area contributed by atoms with Gasteiger partial charge in [0.15, 0.2) is 0 Å². The zero-order valence-electron chi connectivity index (χ0n) is 13.1. The van der Waals surface area contributed by atoms with Crippen LogP contribution in [0.15, 0.2) is 42.5 Å². The number of hydrogen-bond donors (Lipinski definition) is 0. The van der Waals surface area contributed by atoms with Gasteiger partial charge in [0.2, 0.25) is 0 Å². The molecule has 0 atom stereocenters. The third-order valence-corrected chi connectivity index (χ3v) is 4.84. The van der Waals surface area contributed by atoms with Gasteiger partial charge in [-0.1, -0.05) is 51.1 Å². The topological polar surface area (TPSA) is 12.9 Å². The van der Waals surface area contributed by atoms with Crippen molar-refractivity contribution in [1.29, 1.82) is 0 Å². The molecule has 0 saturated heterocycles. The molecule has 1 aromatic heterocycles. The minimum absolute atomic E-state index is 0.145. The standard InChI is InChI=1S/C20H18FN/c1-4-13-11-12-7-5-9-15-17(12)19(22-13)14-8-6-10-16(21)18(14)20(15,2)3/h5-11H,4H2,1-3H3. The Kier molecular flexibility index (Phi) is 2.68. The fraction of sp³-hybridized carbons (Fsp3) is 0.250. The molecule has 0 aliphatic heterocycles. The van der Waals surface area contributed by atoms with Gasteiger partial charge in [-0.3, -0.25) is 4.98 Å². The molecule has 1 heterocycles. The molecule has 1 aliphatic rings. The fourth-order valence-electron chi connectivity index (χ4n) is 3.75. The van der Waals surface area contributed by atoms with Crippen molar-refractivity contribution in [3.8, 4) is 11.3 Å². The summed E-state index contributed by atoms with van der Waals surface area (Å²) in [6, 6.07) is 13.8. The van der Waals surface area contributed by atoms with E-state index in [1.807, 2.05) is 6.07 Å². The van der Waals surface area contributed by atoms with Crippen LogP contribution >= 0.6 is 0 Å². The minimum atomic E-state index is -0.359. The van der Waals surface area contributed by atoms with E-state index in [2.05, 4.69) is 45.0 Å². The van der Waals surface area contributed by atoms with Gasteiger partial charge < -0.3 is 0 Å². The molecule has 0 N–H and O–H groups in total. The summed E-state index contributed by atoms with van der Waals surface area (Å²) >= 11 is 0. The quantitative estimate of drug-likeness (QED) is 0.597. The first-order valence-electron chi connectivity index (χ1n) is 7.76. The number of rotatable bonds is 1.